The fraction of sp³-hybridized carbons (Fsp3) is 0.250. The Bertz CT molecular complexity index is 831. The molecule has 0 amide bonds. The highest BCUT2D eigenvalue weighted by molar-refractivity contribution is 5.49. The Hall–Kier alpha value is -2.34. The van der Waals surface area contributed by atoms with Crippen molar-refractivity contribution in [1.82, 2.24) is 0 Å². The van der Waals surface area contributed by atoms with Gasteiger partial charge < -0.3 is 0 Å². The van der Waals surface area contributed by atoms with Crippen LogP contribution in [0.2, 0.25) is 0 Å². The first-order valence-corrected chi connectivity index (χ1v) is 8.98. The second-order valence-corrected chi connectivity index (χ2v) is 7.08. The van der Waals surface area contributed by atoms with Crippen LogP contribution in [-0.4, -0.2) is 0 Å². The molecule has 0 radical (unpaired) electrons. The molecule has 0 aromatic heterocycles. The Morgan fingerprint density at radius 3 is 2.04 bits per heavy atom. The van der Waals surface area contributed by atoms with E-state index < -0.39 is 0 Å². The average Bonchev–Trinajstić information content (AvgIpc) is 2.99. The first-order valence-electron chi connectivity index (χ1n) is 8.98. The molecule has 0 fully saturated rings. The van der Waals surface area contributed by atoms with Gasteiger partial charge in [-0.05, 0) is 40.2 Å². The maximum atomic E-state index is 2.36. The van der Waals surface area contributed by atoms with Crippen molar-refractivity contribution in [2.75, 3.05) is 0 Å². The predicted octanol–water partition coefficient (Wildman–Crippen LogP) is 6.48. The smallest absolute Gasteiger partial charge is 0.0101 e. The third kappa shape index (κ3) is 2.57. The van der Waals surface area contributed by atoms with E-state index in [0.717, 1.165) is 0 Å². The molecule has 0 unspecified atom stereocenters. The van der Waals surface area contributed by atoms with E-state index in [0.29, 0.717) is 17.8 Å². The monoisotopic (exact) mass is 312 g/mol. The SMILES string of the molecule is C[C@@H](c1ccccc1)c1ccccc1[C@H]1C[C@H](C)c2ccccc21. The lowest BCUT2D eigenvalue weighted by Gasteiger charge is -2.22. The molecular formula is C24H24. The van der Waals surface area contributed by atoms with Crippen molar-refractivity contribution >= 4 is 0 Å². The average molecular weight is 312 g/mol. The largest absolute Gasteiger partial charge is 0.0622 e. The summed E-state index contributed by atoms with van der Waals surface area (Å²) in [5, 5.41) is 0. The van der Waals surface area contributed by atoms with Gasteiger partial charge in [0.25, 0.3) is 0 Å². The molecule has 0 heteroatoms. The predicted molar refractivity (Wildman–Crippen MR) is 102 cm³/mol. The molecule has 0 heterocycles. The molecule has 0 N–H and O–H groups in total. The summed E-state index contributed by atoms with van der Waals surface area (Å²) in [6.45, 7) is 4.69. The highest BCUT2D eigenvalue weighted by atomic mass is 14.3. The first-order chi connectivity index (χ1) is 11.8. The van der Waals surface area contributed by atoms with Crippen LogP contribution in [0.5, 0.6) is 0 Å². The second-order valence-electron chi connectivity index (χ2n) is 7.08. The summed E-state index contributed by atoms with van der Waals surface area (Å²) < 4.78 is 0. The fourth-order valence-corrected chi connectivity index (χ4v) is 4.32. The van der Waals surface area contributed by atoms with E-state index in [2.05, 4.69) is 92.7 Å². The van der Waals surface area contributed by atoms with Crippen molar-refractivity contribution in [3.63, 3.8) is 0 Å². The number of benzene rings is 3. The molecule has 3 aromatic carbocycles. The van der Waals surface area contributed by atoms with Crippen LogP contribution < -0.4 is 0 Å². The molecule has 1 aliphatic carbocycles. The Labute approximate surface area is 145 Å². The van der Waals surface area contributed by atoms with Gasteiger partial charge in [-0.25, -0.2) is 0 Å². The van der Waals surface area contributed by atoms with Gasteiger partial charge in [-0.2, -0.15) is 0 Å². The van der Waals surface area contributed by atoms with Gasteiger partial charge >= 0.3 is 0 Å². The highest BCUT2D eigenvalue weighted by Crippen LogP contribution is 2.47. The summed E-state index contributed by atoms with van der Waals surface area (Å²) in [5.74, 6) is 1.59. The van der Waals surface area contributed by atoms with Crippen molar-refractivity contribution < 1.29 is 0 Å². The topological polar surface area (TPSA) is 0 Å². The number of hydrogen-bond acceptors (Lipinski definition) is 0. The lowest BCUT2D eigenvalue weighted by Crippen LogP contribution is -2.05. The molecular weight excluding hydrogens is 288 g/mol. The zero-order valence-electron chi connectivity index (χ0n) is 14.4. The molecule has 24 heavy (non-hydrogen) atoms. The molecule has 0 aliphatic heterocycles. The standard InChI is InChI=1S/C24H24/c1-17-16-24(22-14-8-6-12-20(17)22)23-15-9-7-13-21(23)18(2)19-10-4-3-5-11-19/h3-15,17-18,24H,16H2,1-2H3/t17-,18-,24-/m0/s1. The molecule has 0 saturated carbocycles. The lowest BCUT2D eigenvalue weighted by molar-refractivity contribution is 0.678. The van der Waals surface area contributed by atoms with E-state index >= 15 is 0 Å². The minimum Gasteiger partial charge on any atom is -0.0622 e. The summed E-state index contributed by atoms with van der Waals surface area (Å²) in [6.07, 6.45) is 1.22. The number of hydrogen-bond donors (Lipinski definition) is 0. The van der Waals surface area contributed by atoms with Gasteiger partial charge in [0.15, 0.2) is 0 Å². The molecule has 3 aromatic rings. The molecule has 0 nitrogen and oxygen atoms in total. The van der Waals surface area contributed by atoms with Gasteiger partial charge in [0.1, 0.15) is 0 Å². The van der Waals surface area contributed by atoms with Gasteiger partial charge in [-0.1, -0.05) is 92.7 Å². The van der Waals surface area contributed by atoms with E-state index in [1.807, 2.05) is 0 Å². The van der Waals surface area contributed by atoms with Gasteiger partial charge in [-0.15, -0.1) is 0 Å². The van der Waals surface area contributed by atoms with Gasteiger partial charge in [0.2, 0.25) is 0 Å². The second kappa shape index (κ2) is 6.28. The van der Waals surface area contributed by atoms with Crippen LogP contribution in [0.3, 0.4) is 0 Å². The Morgan fingerprint density at radius 1 is 0.708 bits per heavy atom. The van der Waals surface area contributed by atoms with Crippen LogP contribution in [0, 0.1) is 0 Å². The van der Waals surface area contributed by atoms with Crippen LogP contribution in [0.25, 0.3) is 0 Å². The molecule has 0 spiro atoms. The van der Waals surface area contributed by atoms with E-state index in [9.17, 15) is 0 Å². The van der Waals surface area contributed by atoms with Crippen molar-refractivity contribution in [3.8, 4) is 0 Å². The van der Waals surface area contributed by atoms with Crippen molar-refractivity contribution in [2.45, 2.75) is 38.0 Å². The Morgan fingerprint density at radius 2 is 1.29 bits per heavy atom. The number of fused-ring (bicyclic) bond motifs is 1. The van der Waals surface area contributed by atoms with E-state index in [1.165, 1.54) is 34.2 Å². The highest BCUT2D eigenvalue weighted by Gasteiger charge is 2.30. The minimum atomic E-state index is 0.422. The molecule has 3 atom stereocenters. The fourth-order valence-electron chi connectivity index (χ4n) is 4.32. The normalized spacial score (nSPS) is 20.6. The van der Waals surface area contributed by atoms with E-state index in [-0.39, 0.29) is 0 Å². The lowest BCUT2D eigenvalue weighted by atomic mass is 9.82. The van der Waals surface area contributed by atoms with Crippen LogP contribution in [0.15, 0.2) is 78.9 Å². The molecule has 4 rings (SSSR count). The van der Waals surface area contributed by atoms with Gasteiger partial charge in [0.05, 0.1) is 0 Å². The Kier molecular flexibility index (Phi) is 3.98. The summed E-state index contributed by atoms with van der Waals surface area (Å²) in [5.41, 5.74) is 7.43. The van der Waals surface area contributed by atoms with Crippen LogP contribution >= 0.6 is 0 Å². The van der Waals surface area contributed by atoms with Crippen LogP contribution in [-0.2, 0) is 0 Å². The maximum Gasteiger partial charge on any atom is 0.0101 e. The third-order valence-electron chi connectivity index (χ3n) is 5.63. The molecule has 0 saturated heterocycles. The van der Waals surface area contributed by atoms with E-state index in [4.69, 9.17) is 0 Å². The third-order valence-corrected chi connectivity index (χ3v) is 5.63. The zero-order chi connectivity index (χ0) is 16.5. The molecule has 0 bridgehead atoms. The van der Waals surface area contributed by atoms with Gasteiger partial charge in [-0.3, -0.25) is 0 Å². The zero-order valence-corrected chi connectivity index (χ0v) is 14.4. The summed E-state index contributed by atoms with van der Waals surface area (Å²) in [7, 11) is 0. The van der Waals surface area contributed by atoms with Crippen molar-refractivity contribution in [3.05, 3.63) is 107 Å². The quantitative estimate of drug-likeness (QED) is 0.519. The van der Waals surface area contributed by atoms with Crippen molar-refractivity contribution in [2.24, 2.45) is 0 Å². The minimum absolute atomic E-state index is 0.422. The summed E-state index contributed by atoms with van der Waals surface area (Å²) in [6, 6.07) is 28.9. The van der Waals surface area contributed by atoms with Crippen molar-refractivity contribution in [1.29, 1.82) is 0 Å². The first kappa shape index (κ1) is 15.2. The van der Waals surface area contributed by atoms with Gasteiger partial charge in [0, 0.05) is 11.8 Å². The molecule has 120 valence electrons. The number of rotatable bonds is 3. The van der Waals surface area contributed by atoms with Crippen LogP contribution in [0.1, 0.15) is 65.8 Å². The maximum absolute atomic E-state index is 2.36. The Balaban J connectivity index is 1.79. The van der Waals surface area contributed by atoms with Crippen LogP contribution in [0.4, 0.5) is 0 Å². The summed E-state index contributed by atoms with van der Waals surface area (Å²) in [4.78, 5) is 0. The van der Waals surface area contributed by atoms with E-state index in [1.54, 1.807) is 0 Å². The molecule has 1 aliphatic rings. The summed E-state index contributed by atoms with van der Waals surface area (Å²) >= 11 is 0.